The SMILES string of the molecule is CNC(=O)N(C(=N)N)c1c(C)c(OC(C)=O)cc(OC(C)=O)c1C. The first-order valence-electron chi connectivity index (χ1n) is 6.97. The third-order valence-electron chi connectivity index (χ3n) is 3.10. The van der Waals surface area contributed by atoms with Crippen LogP contribution in [0.4, 0.5) is 10.5 Å². The van der Waals surface area contributed by atoms with E-state index in [4.69, 9.17) is 20.6 Å². The Morgan fingerprint density at radius 1 is 1.08 bits per heavy atom. The molecule has 0 fully saturated rings. The van der Waals surface area contributed by atoms with Crippen LogP contribution < -0.4 is 25.4 Å². The molecule has 24 heavy (non-hydrogen) atoms. The molecule has 130 valence electrons. The van der Waals surface area contributed by atoms with Crippen molar-refractivity contribution in [3.05, 3.63) is 17.2 Å². The van der Waals surface area contributed by atoms with Crippen LogP contribution >= 0.6 is 0 Å². The van der Waals surface area contributed by atoms with Crippen molar-refractivity contribution in [2.75, 3.05) is 11.9 Å². The van der Waals surface area contributed by atoms with Gasteiger partial charge in [-0.25, -0.2) is 9.69 Å². The molecule has 0 unspecified atom stereocenters. The predicted molar refractivity (Wildman–Crippen MR) is 87.4 cm³/mol. The molecule has 0 saturated carbocycles. The number of esters is 2. The average molecular weight is 336 g/mol. The third-order valence-corrected chi connectivity index (χ3v) is 3.10. The first-order valence-corrected chi connectivity index (χ1v) is 6.97. The van der Waals surface area contributed by atoms with Crippen LogP contribution in [0.3, 0.4) is 0 Å². The Bertz CT molecular complexity index is 674. The summed E-state index contributed by atoms with van der Waals surface area (Å²) in [5.74, 6) is -1.54. The van der Waals surface area contributed by atoms with E-state index < -0.39 is 23.9 Å². The number of hydrogen-bond donors (Lipinski definition) is 3. The number of nitrogens with one attached hydrogen (secondary N) is 2. The van der Waals surface area contributed by atoms with Crippen LogP contribution in [0.5, 0.6) is 11.5 Å². The number of nitrogens with zero attached hydrogens (tertiary/aromatic N) is 1. The highest BCUT2D eigenvalue weighted by Crippen LogP contribution is 2.39. The number of carbonyl (C=O) groups is 3. The molecule has 0 atom stereocenters. The fourth-order valence-corrected chi connectivity index (χ4v) is 2.15. The molecule has 0 saturated heterocycles. The van der Waals surface area contributed by atoms with Crippen molar-refractivity contribution in [3.63, 3.8) is 0 Å². The van der Waals surface area contributed by atoms with E-state index >= 15 is 0 Å². The van der Waals surface area contributed by atoms with Gasteiger partial charge in [0.25, 0.3) is 0 Å². The van der Waals surface area contributed by atoms with Crippen LogP contribution in [0.2, 0.25) is 0 Å². The number of ether oxygens (including phenoxy) is 2. The summed E-state index contributed by atoms with van der Waals surface area (Å²) in [5.41, 5.74) is 6.48. The highest BCUT2D eigenvalue weighted by molar-refractivity contribution is 6.15. The number of carbonyl (C=O) groups excluding carboxylic acids is 3. The van der Waals surface area contributed by atoms with Crippen molar-refractivity contribution in [1.82, 2.24) is 5.32 Å². The van der Waals surface area contributed by atoms with Gasteiger partial charge in [0.05, 0.1) is 5.69 Å². The molecule has 9 nitrogen and oxygen atoms in total. The van der Waals surface area contributed by atoms with Crippen LogP contribution in [0.15, 0.2) is 6.07 Å². The zero-order chi connectivity index (χ0) is 18.6. The standard InChI is InChI=1S/C15H20N4O5/c1-7-11(23-9(3)20)6-12(24-10(4)21)8(2)13(7)19(14(16)17)15(22)18-5/h6H,1-5H3,(H3,16,17)(H,18,22). The molecule has 0 radical (unpaired) electrons. The van der Waals surface area contributed by atoms with Crippen LogP contribution in [0.1, 0.15) is 25.0 Å². The van der Waals surface area contributed by atoms with Crippen molar-refractivity contribution in [3.8, 4) is 11.5 Å². The molecule has 1 aromatic rings. The smallest absolute Gasteiger partial charge is 0.328 e. The molecule has 2 amide bonds. The van der Waals surface area contributed by atoms with Crippen molar-refractivity contribution in [1.29, 1.82) is 5.41 Å². The third kappa shape index (κ3) is 4.00. The maximum Gasteiger partial charge on any atom is 0.328 e. The van der Waals surface area contributed by atoms with Crippen molar-refractivity contribution < 1.29 is 23.9 Å². The van der Waals surface area contributed by atoms with E-state index in [0.717, 1.165) is 4.90 Å². The monoisotopic (exact) mass is 336 g/mol. The number of anilines is 1. The normalized spacial score (nSPS) is 9.88. The second-order valence-electron chi connectivity index (χ2n) is 4.93. The van der Waals surface area contributed by atoms with E-state index in [1.165, 1.54) is 27.0 Å². The zero-order valence-electron chi connectivity index (χ0n) is 14.1. The Morgan fingerprint density at radius 2 is 1.50 bits per heavy atom. The molecular weight excluding hydrogens is 316 g/mol. The van der Waals surface area contributed by atoms with E-state index in [0.29, 0.717) is 11.1 Å². The molecule has 0 aromatic heterocycles. The van der Waals surface area contributed by atoms with Crippen molar-refractivity contribution in [2.45, 2.75) is 27.7 Å². The summed E-state index contributed by atoms with van der Waals surface area (Å²) in [7, 11) is 1.38. The Kier molecular flexibility index (Phi) is 5.88. The van der Waals surface area contributed by atoms with Crippen LogP contribution in [0, 0.1) is 19.3 Å². The lowest BCUT2D eigenvalue weighted by Crippen LogP contribution is -2.46. The Hall–Kier alpha value is -3.10. The van der Waals surface area contributed by atoms with Gasteiger partial charge in [0.15, 0.2) is 0 Å². The Morgan fingerprint density at radius 3 is 1.79 bits per heavy atom. The second-order valence-corrected chi connectivity index (χ2v) is 4.93. The summed E-state index contributed by atoms with van der Waals surface area (Å²) in [5, 5.41) is 10.0. The number of urea groups is 1. The van der Waals surface area contributed by atoms with Crippen LogP contribution in [-0.4, -0.2) is 31.0 Å². The molecular formula is C15H20N4O5. The first-order chi connectivity index (χ1) is 11.1. The van der Waals surface area contributed by atoms with E-state index in [2.05, 4.69) is 5.32 Å². The van der Waals surface area contributed by atoms with Crippen molar-refractivity contribution in [2.24, 2.45) is 5.73 Å². The number of guanidine groups is 1. The van der Waals surface area contributed by atoms with E-state index in [-0.39, 0.29) is 17.2 Å². The summed E-state index contributed by atoms with van der Waals surface area (Å²) < 4.78 is 10.2. The lowest BCUT2D eigenvalue weighted by molar-refractivity contribution is -0.132. The number of benzene rings is 1. The van der Waals surface area contributed by atoms with Gasteiger partial charge in [0, 0.05) is 38.1 Å². The van der Waals surface area contributed by atoms with Gasteiger partial charge in [-0.1, -0.05) is 0 Å². The average Bonchev–Trinajstić information content (AvgIpc) is 2.46. The number of nitrogens with two attached hydrogens (primary N) is 1. The summed E-state index contributed by atoms with van der Waals surface area (Å²) in [6.45, 7) is 5.62. The quantitative estimate of drug-likeness (QED) is 0.328. The van der Waals surface area contributed by atoms with Gasteiger partial charge in [-0.15, -0.1) is 0 Å². The number of hydrogen-bond acceptors (Lipinski definition) is 6. The lowest BCUT2D eigenvalue weighted by Gasteiger charge is -2.26. The maximum atomic E-state index is 12.1. The molecule has 1 aromatic carbocycles. The minimum atomic E-state index is -0.664. The second kappa shape index (κ2) is 7.44. The lowest BCUT2D eigenvalue weighted by atomic mass is 10.1. The highest BCUT2D eigenvalue weighted by Gasteiger charge is 2.26. The number of rotatable bonds is 3. The van der Waals surface area contributed by atoms with E-state index in [1.54, 1.807) is 13.8 Å². The maximum absolute atomic E-state index is 12.1. The molecule has 1 rings (SSSR count). The highest BCUT2D eigenvalue weighted by atomic mass is 16.5. The van der Waals surface area contributed by atoms with Crippen LogP contribution in [0.25, 0.3) is 0 Å². The van der Waals surface area contributed by atoms with Gasteiger partial charge in [0.2, 0.25) is 5.96 Å². The van der Waals surface area contributed by atoms with E-state index in [1.807, 2.05) is 0 Å². The fourth-order valence-electron chi connectivity index (χ4n) is 2.15. The molecule has 0 aliphatic heterocycles. The van der Waals surface area contributed by atoms with Crippen LogP contribution in [-0.2, 0) is 9.59 Å². The topological polar surface area (TPSA) is 135 Å². The molecule has 0 heterocycles. The van der Waals surface area contributed by atoms with Gasteiger partial charge in [0.1, 0.15) is 11.5 Å². The van der Waals surface area contributed by atoms with Gasteiger partial charge >= 0.3 is 18.0 Å². The predicted octanol–water partition coefficient (Wildman–Crippen LogP) is 1.19. The Balaban J connectivity index is 3.71. The molecule has 4 N–H and O–H groups in total. The molecule has 9 heteroatoms. The summed E-state index contributed by atoms with van der Waals surface area (Å²) in [6, 6.07) is 0.710. The van der Waals surface area contributed by atoms with Crippen molar-refractivity contribution >= 4 is 29.6 Å². The summed E-state index contributed by atoms with van der Waals surface area (Å²) >= 11 is 0. The van der Waals surface area contributed by atoms with Gasteiger partial charge in [-0.3, -0.25) is 15.0 Å². The summed E-state index contributed by atoms with van der Waals surface area (Å²) in [6.07, 6.45) is 0. The minimum Gasteiger partial charge on any atom is -0.426 e. The van der Waals surface area contributed by atoms with Gasteiger partial charge in [-0.2, -0.15) is 0 Å². The summed E-state index contributed by atoms with van der Waals surface area (Å²) in [4.78, 5) is 35.6. The van der Waals surface area contributed by atoms with E-state index in [9.17, 15) is 14.4 Å². The molecule has 0 bridgehead atoms. The minimum absolute atomic E-state index is 0.0921. The number of amides is 2. The fraction of sp³-hybridized carbons (Fsp3) is 0.333. The molecule has 0 spiro atoms. The molecule has 0 aliphatic rings. The Labute approximate surface area is 139 Å². The zero-order valence-corrected chi connectivity index (χ0v) is 14.1. The van der Waals surface area contributed by atoms with Gasteiger partial charge < -0.3 is 20.5 Å². The first kappa shape index (κ1) is 18.9. The van der Waals surface area contributed by atoms with Gasteiger partial charge in [-0.05, 0) is 13.8 Å². The largest absolute Gasteiger partial charge is 0.426 e. The molecule has 0 aliphatic carbocycles.